The highest BCUT2D eigenvalue weighted by Crippen LogP contribution is 2.23. The molecule has 2 rings (SSSR count). The van der Waals surface area contributed by atoms with Gasteiger partial charge in [-0.1, -0.05) is 0 Å². The summed E-state index contributed by atoms with van der Waals surface area (Å²) < 4.78 is 0. The van der Waals surface area contributed by atoms with Crippen LogP contribution >= 0.6 is 0 Å². The van der Waals surface area contributed by atoms with E-state index in [4.69, 9.17) is 5.73 Å². The van der Waals surface area contributed by atoms with E-state index in [2.05, 4.69) is 10.2 Å². The predicted octanol–water partition coefficient (Wildman–Crippen LogP) is 0.758. The van der Waals surface area contributed by atoms with Crippen molar-refractivity contribution in [1.29, 1.82) is 0 Å². The summed E-state index contributed by atoms with van der Waals surface area (Å²) in [6.45, 7) is 0. The second-order valence-electron chi connectivity index (χ2n) is 2.82. The van der Waals surface area contributed by atoms with Gasteiger partial charge in [-0.05, 0) is 12.1 Å². The number of nitrogen functional groups attached to an aromatic ring is 1. The topological polar surface area (TPSA) is 99.9 Å². The van der Waals surface area contributed by atoms with E-state index in [0.29, 0.717) is 11.4 Å². The van der Waals surface area contributed by atoms with Crippen molar-refractivity contribution >= 4 is 11.4 Å². The SMILES string of the molecule is Nc1ccc(-n2nccn2)c([N+](=O)[O-])c1. The van der Waals surface area contributed by atoms with E-state index in [-0.39, 0.29) is 5.69 Å². The van der Waals surface area contributed by atoms with Crippen LogP contribution in [0.5, 0.6) is 0 Å². The molecule has 2 aromatic rings. The van der Waals surface area contributed by atoms with E-state index >= 15 is 0 Å². The molecule has 0 aliphatic heterocycles. The minimum absolute atomic E-state index is 0.119. The van der Waals surface area contributed by atoms with Crippen LogP contribution in [0.25, 0.3) is 5.69 Å². The molecular formula is C8H7N5O2. The van der Waals surface area contributed by atoms with Crippen LogP contribution in [0.15, 0.2) is 30.6 Å². The molecule has 0 aliphatic rings. The van der Waals surface area contributed by atoms with E-state index < -0.39 is 4.92 Å². The number of aromatic nitrogens is 3. The van der Waals surface area contributed by atoms with Crippen LogP contribution in [0.1, 0.15) is 0 Å². The fraction of sp³-hybridized carbons (Fsp3) is 0. The summed E-state index contributed by atoms with van der Waals surface area (Å²) in [5.74, 6) is 0. The van der Waals surface area contributed by atoms with Crippen LogP contribution in [0.3, 0.4) is 0 Å². The lowest BCUT2D eigenvalue weighted by atomic mass is 10.2. The van der Waals surface area contributed by atoms with Crippen molar-refractivity contribution in [1.82, 2.24) is 15.0 Å². The number of nitrogens with zero attached hydrogens (tertiary/aromatic N) is 4. The molecule has 1 aromatic carbocycles. The molecule has 0 radical (unpaired) electrons. The predicted molar refractivity (Wildman–Crippen MR) is 52.4 cm³/mol. The Balaban J connectivity index is 2.61. The molecule has 1 heterocycles. The molecule has 0 amide bonds. The van der Waals surface area contributed by atoms with Crippen molar-refractivity contribution in [3.63, 3.8) is 0 Å². The van der Waals surface area contributed by atoms with Crippen LogP contribution in [-0.4, -0.2) is 19.9 Å². The Bertz CT molecular complexity index is 494. The molecule has 0 fully saturated rings. The molecule has 7 heteroatoms. The average Bonchev–Trinajstić information content (AvgIpc) is 2.70. The number of nitro benzene ring substituents is 1. The summed E-state index contributed by atoms with van der Waals surface area (Å²) in [6.07, 6.45) is 2.89. The molecule has 0 saturated heterocycles. The Hall–Kier alpha value is -2.44. The molecule has 76 valence electrons. The number of benzene rings is 1. The standard InChI is InChI=1S/C8H7N5O2/c9-6-1-2-7(8(5-6)13(14)15)12-10-3-4-11-12/h1-5H,9H2. The molecule has 7 nitrogen and oxygen atoms in total. The van der Waals surface area contributed by atoms with Crippen LogP contribution in [0, 0.1) is 10.1 Å². The van der Waals surface area contributed by atoms with Crippen molar-refractivity contribution in [2.75, 3.05) is 5.73 Å². The zero-order chi connectivity index (χ0) is 10.8. The fourth-order valence-electron chi connectivity index (χ4n) is 1.20. The summed E-state index contributed by atoms with van der Waals surface area (Å²) in [7, 11) is 0. The summed E-state index contributed by atoms with van der Waals surface area (Å²) in [4.78, 5) is 11.4. The second kappa shape index (κ2) is 3.37. The lowest BCUT2D eigenvalue weighted by Crippen LogP contribution is -2.03. The maximum absolute atomic E-state index is 10.8. The van der Waals surface area contributed by atoms with E-state index in [0.717, 1.165) is 0 Å². The Morgan fingerprint density at radius 2 is 2.00 bits per heavy atom. The van der Waals surface area contributed by atoms with Gasteiger partial charge < -0.3 is 5.73 Å². The van der Waals surface area contributed by atoms with Gasteiger partial charge in [0.05, 0.1) is 17.3 Å². The number of hydrogen-bond acceptors (Lipinski definition) is 5. The normalized spacial score (nSPS) is 10.1. The number of anilines is 1. The number of rotatable bonds is 2. The first kappa shape index (κ1) is 9.13. The molecule has 0 atom stereocenters. The van der Waals surface area contributed by atoms with Gasteiger partial charge in [0.25, 0.3) is 5.69 Å². The van der Waals surface area contributed by atoms with Crippen molar-refractivity contribution in [3.05, 3.63) is 40.7 Å². The zero-order valence-electron chi connectivity index (χ0n) is 7.57. The zero-order valence-corrected chi connectivity index (χ0v) is 7.57. The van der Waals surface area contributed by atoms with Crippen molar-refractivity contribution in [2.45, 2.75) is 0 Å². The van der Waals surface area contributed by atoms with Crippen LogP contribution < -0.4 is 5.73 Å². The average molecular weight is 205 g/mol. The molecular weight excluding hydrogens is 198 g/mol. The highest BCUT2D eigenvalue weighted by atomic mass is 16.6. The largest absolute Gasteiger partial charge is 0.399 e. The molecule has 2 N–H and O–H groups in total. The Labute approximate surface area is 84.3 Å². The first-order valence-electron chi connectivity index (χ1n) is 4.09. The number of nitrogens with two attached hydrogens (primary N) is 1. The van der Waals surface area contributed by atoms with Crippen LogP contribution in [0.4, 0.5) is 11.4 Å². The Morgan fingerprint density at radius 1 is 1.33 bits per heavy atom. The molecule has 15 heavy (non-hydrogen) atoms. The minimum Gasteiger partial charge on any atom is -0.399 e. The van der Waals surface area contributed by atoms with Gasteiger partial charge in [0.15, 0.2) is 5.69 Å². The van der Waals surface area contributed by atoms with Gasteiger partial charge in [-0.15, -0.1) is 4.80 Å². The van der Waals surface area contributed by atoms with Gasteiger partial charge in [-0.3, -0.25) is 10.1 Å². The maximum Gasteiger partial charge on any atom is 0.298 e. The lowest BCUT2D eigenvalue weighted by Gasteiger charge is -2.01. The third kappa shape index (κ3) is 1.62. The van der Waals surface area contributed by atoms with Gasteiger partial charge >= 0.3 is 0 Å². The van der Waals surface area contributed by atoms with Crippen molar-refractivity contribution < 1.29 is 4.92 Å². The number of nitro groups is 1. The van der Waals surface area contributed by atoms with Gasteiger partial charge in [0.1, 0.15) is 0 Å². The van der Waals surface area contributed by atoms with Crippen molar-refractivity contribution in [3.8, 4) is 5.69 Å². The quantitative estimate of drug-likeness (QED) is 0.443. The van der Waals surface area contributed by atoms with E-state index in [1.165, 1.54) is 29.3 Å². The minimum atomic E-state index is -0.519. The number of hydrogen-bond donors (Lipinski definition) is 1. The van der Waals surface area contributed by atoms with Crippen molar-refractivity contribution in [2.24, 2.45) is 0 Å². The monoisotopic (exact) mass is 205 g/mol. The Kier molecular flexibility index (Phi) is 2.05. The Morgan fingerprint density at radius 3 is 2.60 bits per heavy atom. The molecule has 0 aliphatic carbocycles. The lowest BCUT2D eigenvalue weighted by molar-refractivity contribution is -0.384. The van der Waals surface area contributed by atoms with Gasteiger partial charge in [-0.25, -0.2) is 0 Å². The third-order valence-electron chi connectivity index (χ3n) is 1.83. The van der Waals surface area contributed by atoms with E-state index in [1.807, 2.05) is 0 Å². The molecule has 0 unspecified atom stereocenters. The highest BCUT2D eigenvalue weighted by molar-refractivity contribution is 5.59. The van der Waals surface area contributed by atoms with Gasteiger partial charge in [-0.2, -0.15) is 10.2 Å². The van der Waals surface area contributed by atoms with E-state index in [9.17, 15) is 10.1 Å². The molecule has 0 bridgehead atoms. The smallest absolute Gasteiger partial charge is 0.298 e. The third-order valence-corrected chi connectivity index (χ3v) is 1.83. The fourth-order valence-corrected chi connectivity index (χ4v) is 1.20. The first-order chi connectivity index (χ1) is 7.18. The molecule has 1 aromatic heterocycles. The molecule has 0 saturated carbocycles. The molecule has 0 spiro atoms. The highest BCUT2D eigenvalue weighted by Gasteiger charge is 2.16. The summed E-state index contributed by atoms with van der Waals surface area (Å²) >= 11 is 0. The van der Waals surface area contributed by atoms with Crippen LogP contribution in [0.2, 0.25) is 0 Å². The summed E-state index contributed by atoms with van der Waals surface area (Å²) in [5.41, 5.74) is 5.97. The second-order valence-corrected chi connectivity index (χ2v) is 2.82. The maximum atomic E-state index is 10.8. The van der Waals surface area contributed by atoms with E-state index in [1.54, 1.807) is 6.07 Å². The van der Waals surface area contributed by atoms with Crippen LogP contribution in [-0.2, 0) is 0 Å². The van der Waals surface area contributed by atoms with Gasteiger partial charge in [0.2, 0.25) is 0 Å². The summed E-state index contributed by atoms with van der Waals surface area (Å²) in [6, 6.07) is 4.35. The van der Waals surface area contributed by atoms with Gasteiger partial charge in [0, 0.05) is 11.8 Å². The summed E-state index contributed by atoms with van der Waals surface area (Å²) in [5, 5.41) is 18.4. The first-order valence-corrected chi connectivity index (χ1v) is 4.09.